The van der Waals surface area contributed by atoms with Crippen LogP contribution in [0, 0.1) is 6.92 Å². The van der Waals surface area contributed by atoms with Crippen molar-refractivity contribution in [3.63, 3.8) is 0 Å². The number of carbonyl (C=O) groups excluding carboxylic acids is 3. The third kappa shape index (κ3) is 4.29. The number of piperidine rings is 1. The number of amides is 3. The average Bonchev–Trinajstić information content (AvgIpc) is 2.58. The van der Waals surface area contributed by atoms with Gasteiger partial charge in [-0.2, -0.15) is 0 Å². The fourth-order valence-electron chi connectivity index (χ4n) is 3.14. The normalized spacial score (nSPS) is 14.8. The summed E-state index contributed by atoms with van der Waals surface area (Å²) in [6.45, 7) is 1.92. The fraction of sp³-hybridized carbons (Fsp3) is 0.250. The SMILES string of the molecule is Cc1cccc(Cl)c1CC(=O)Nc1cccc(C2CC(=O)NC(=O)C2)c1. The van der Waals surface area contributed by atoms with E-state index in [1.165, 1.54) is 0 Å². The lowest BCUT2D eigenvalue weighted by atomic mass is 9.89. The van der Waals surface area contributed by atoms with E-state index in [1.54, 1.807) is 12.1 Å². The fourth-order valence-corrected chi connectivity index (χ4v) is 3.43. The third-order valence-electron chi connectivity index (χ3n) is 4.47. The highest BCUT2D eigenvalue weighted by atomic mass is 35.5. The second-order valence-electron chi connectivity index (χ2n) is 6.46. The lowest BCUT2D eigenvalue weighted by Crippen LogP contribution is -2.37. The first-order valence-electron chi connectivity index (χ1n) is 8.39. The van der Waals surface area contributed by atoms with Crippen molar-refractivity contribution >= 4 is 35.0 Å². The van der Waals surface area contributed by atoms with E-state index in [0.717, 1.165) is 16.7 Å². The van der Waals surface area contributed by atoms with Gasteiger partial charge in [-0.15, -0.1) is 0 Å². The molecule has 3 rings (SSSR count). The Balaban J connectivity index is 1.71. The van der Waals surface area contributed by atoms with Crippen molar-refractivity contribution in [2.24, 2.45) is 0 Å². The van der Waals surface area contributed by atoms with Crippen LogP contribution < -0.4 is 10.6 Å². The number of hydrogen-bond donors (Lipinski definition) is 2. The number of nitrogens with one attached hydrogen (secondary N) is 2. The highest BCUT2D eigenvalue weighted by molar-refractivity contribution is 6.31. The number of rotatable bonds is 4. The standard InChI is InChI=1S/C20H19ClN2O3/c1-12-4-2-7-17(21)16(12)11-20(26)22-15-6-3-5-13(8-15)14-9-18(24)23-19(25)10-14/h2-8,14H,9-11H2,1H3,(H,22,26)(H,23,24,25). The zero-order valence-corrected chi connectivity index (χ0v) is 15.1. The van der Waals surface area contributed by atoms with Gasteiger partial charge in [0, 0.05) is 29.5 Å². The Hall–Kier alpha value is -2.66. The van der Waals surface area contributed by atoms with E-state index in [1.807, 2.05) is 37.3 Å². The number of aryl methyl sites for hydroxylation is 1. The molecule has 2 aromatic carbocycles. The van der Waals surface area contributed by atoms with Gasteiger partial charge in [0.1, 0.15) is 0 Å². The Morgan fingerprint density at radius 2 is 1.85 bits per heavy atom. The maximum Gasteiger partial charge on any atom is 0.228 e. The van der Waals surface area contributed by atoms with Gasteiger partial charge in [-0.3, -0.25) is 19.7 Å². The van der Waals surface area contributed by atoms with E-state index in [-0.39, 0.29) is 42.9 Å². The van der Waals surface area contributed by atoms with Crippen molar-refractivity contribution in [1.29, 1.82) is 0 Å². The molecule has 6 heteroatoms. The topological polar surface area (TPSA) is 75.3 Å². The Kier molecular flexibility index (Phi) is 5.38. The molecular formula is C20H19ClN2O3. The van der Waals surface area contributed by atoms with Crippen molar-refractivity contribution in [2.45, 2.75) is 32.1 Å². The van der Waals surface area contributed by atoms with Gasteiger partial charge in [0.2, 0.25) is 17.7 Å². The summed E-state index contributed by atoms with van der Waals surface area (Å²) in [4.78, 5) is 35.5. The maximum absolute atomic E-state index is 12.4. The van der Waals surface area contributed by atoms with Crippen molar-refractivity contribution in [3.05, 3.63) is 64.2 Å². The minimum absolute atomic E-state index is 0.168. The summed E-state index contributed by atoms with van der Waals surface area (Å²) in [5.74, 6) is -0.875. The zero-order chi connectivity index (χ0) is 18.7. The van der Waals surface area contributed by atoms with Crippen LogP contribution in [0.2, 0.25) is 5.02 Å². The van der Waals surface area contributed by atoms with Crippen molar-refractivity contribution in [1.82, 2.24) is 5.32 Å². The summed E-state index contributed by atoms with van der Waals surface area (Å²) in [6.07, 6.45) is 0.712. The highest BCUT2D eigenvalue weighted by Gasteiger charge is 2.26. The van der Waals surface area contributed by atoms with Gasteiger partial charge in [0.05, 0.1) is 6.42 Å². The minimum atomic E-state index is -0.269. The lowest BCUT2D eigenvalue weighted by Gasteiger charge is -2.21. The highest BCUT2D eigenvalue weighted by Crippen LogP contribution is 2.28. The first kappa shape index (κ1) is 18.1. The van der Waals surface area contributed by atoms with E-state index in [0.29, 0.717) is 10.7 Å². The molecule has 0 atom stereocenters. The first-order valence-corrected chi connectivity index (χ1v) is 8.76. The molecule has 0 aliphatic carbocycles. The predicted octanol–water partition coefficient (Wildman–Crippen LogP) is 3.35. The Morgan fingerprint density at radius 1 is 1.15 bits per heavy atom. The smallest absolute Gasteiger partial charge is 0.228 e. The van der Waals surface area contributed by atoms with Crippen LogP contribution in [-0.4, -0.2) is 17.7 Å². The van der Waals surface area contributed by atoms with Crippen LogP contribution in [0.5, 0.6) is 0 Å². The first-order chi connectivity index (χ1) is 12.4. The second kappa shape index (κ2) is 7.70. The van der Waals surface area contributed by atoms with Crippen LogP contribution in [0.3, 0.4) is 0 Å². The molecule has 2 aromatic rings. The quantitative estimate of drug-likeness (QED) is 0.810. The van der Waals surface area contributed by atoms with Crippen molar-refractivity contribution in [3.8, 4) is 0 Å². The summed E-state index contributed by atoms with van der Waals surface area (Å²) in [5, 5.41) is 5.74. The summed E-state index contributed by atoms with van der Waals surface area (Å²) in [7, 11) is 0. The van der Waals surface area contributed by atoms with Crippen LogP contribution in [0.4, 0.5) is 5.69 Å². The van der Waals surface area contributed by atoms with Gasteiger partial charge in [0.15, 0.2) is 0 Å². The Labute approximate surface area is 156 Å². The second-order valence-corrected chi connectivity index (χ2v) is 6.87. The van der Waals surface area contributed by atoms with E-state index in [9.17, 15) is 14.4 Å². The molecule has 134 valence electrons. The van der Waals surface area contributed by atoms with Crippen LogP contribution in [0.25, 0.3) is 0 Å². The van der Waals surface area contributed by atoms with Gasteiger partial charge in [0.25, 0.3) is 0 Å². The summed E-state index contributed by atoms with van der Waals surface area (Å²) < 4.78 is 0. The molecule has 5 nitrogen and oxygen atoms in total. The van der Waals surface area contributed by atoms with Crippen LogP contribution in [0.15, 0.2) is 42.5 Å². The molecule has 1 heterocycles. The summed E-state index contributed by atoms with van der Waals surface area (Å²) in [6, 6.07) is 12.8. The van der Waals surface area contributed by atoms with Crippen LogP contribution >= 0.6 is 11.6 Å². The van der Waals surface area contributed by atoms with E-state index in [2.05, 4.69) is 10.6 Å². The number of carbonyl (C=O) groups is 3. The van der Waals surface area contributed by atoms with Gasteiger partial charge in [-0.05, 0) is 41.8 Å². The molecule has 0 radical (unpaired) electrons. The predicted molar refractivity (Wildman–Crippen MR) is 100 cm³/mol. The van der Waals surface area contributed by atoms with Crippen LogP contribution in [-0.2, 0) is 20.8 Å². The van der Waals surface area contributed by atoms with Crippen LogP contribution in [0.1, 0.15) is 35.4 Å². The number of hydrogen-bond acceptors (Lipinski definition) is 3. The molecule has 1 aliphatic rings. The molecule has 3 amide bonds. The maximum atomic E-state index is 12.4. The Bertz CT molecular complexity index is 843. The molecule has 0 unspecified atom stereocenters. The number of imide groups is 1. The molecule has 26 heavy (non-hydrogen) atoms. The molecular weight excluding hydrogens is 352 g/mol. The average molecular weight is 371 g/mol. The molecule has 2 N–H and O–H groups in total. The van der Waals surface area contributed by atoms with Gasteiger partial charge < -0.3 is 5.32 Å². The van der Waals surface area contributed by atoms with E-state index >= 15 is 0 Å². The van der Waals surface area contributed by atoms with Gasteiger partial charge >= 0.3 is 0 Å². The zero-order valence-electron chi connectivity index (χ0n) is 14.3. The number of anilines is 1. The third-order valence-corrected chi connectivity index (χ3v) is 4.83. The van der Waals surface area contributed by atoms with Crippen molar-refractivity contribution < 1.29 is 14.4 Å². The van der Waals surface area contributed by atoms with Crippen molar-refractivity contribution in [2.75, 3.05) is 5.32 Å². The Morgan fingerprint density at radius 3 is 2.54 bits per heavy atom. The van der Waals surface area contributed by atoms with E-state index < -0.39 is 0 Å². The molecule has 0 aromatic heterocycles. The summed E-state index contributed by atoms with van der Waals surface area (Å²) in [5.41, 5.74) is 3.26. The van der Waals surface area contributed by atoms with E-state index in [4.69, 9.17) is 11.6 Å². The summed E-state index contributed by atoms with van der Waals surface area (Å²) >= 11 is 6.18. The molecule has 1 aliphatic heterocycles. The molecule has 1 fully saturated rings. The molecule has 0 saturated carbocycles. The van der Waals surface area contributed by atoms with Gasteiger partial charge in [-0.25, -0.2) is 0 Å². The van der Waals surface area contributed by atoms with Gasteiger partial charge in [-0.1, -0.05) is 35.9 Å². The number of benzene rings is 2. The molecule has 0 spiro atoms. The number of halogens is 1. The lowest BCUT2D eigenvalue weighted by molar-refractivity contribution is -0.133. The monoisotopic (exact) mass is 370 g/mol. The molecule has 0 bridgehead atoms. The molecule has 1 saturated heterocycles. The largest absolute Gasteiger partial charge is 0.326 e. The minimum Gasteiger partial charge on any atom is -0.326 e.